The maximum absolute atomic E-state index is 12.9. The van der Waals surface area contributed by atoms with Crippen LogP contribution < -0.4 is 0 Å². The summed E-state index contributed by atoms with van der Waals surface area (Å²) in [5.74, 6) is 0.845. The van der Waals surface area contributed by atoms with Crippen LogP contribution in [0.3, 0.4) is 0 Å². The van der Waals surface area contributed by atoms with Gasteiger partial charge >= 0.3 is 5.97 Å². The Labute approximate surface area is 151 Å². The van der Waals surface area contributed by atoms with Gasteiger partial charge in [0.25, 0.3) is 0 Å². The van der Waals surface area contributed by atoms with Crippen molar-refractivity contribution >= 4 is 24.3 Å². The number of amides is 1. The molecule has 0 aromatic rings. The predicted molar refractivity (Wildman–Crippen MR) is 95.2 cm³/mol. The van der Waals surface area contributed by atoms with Crippen molar-refractivity contribution in [3.05, 3.63) is 0 Å². The summed E-state index contributed by atoms with van der Waals surface area (Å²) in [6, 6.07) is -0.200. The average molecular weight is 359 g/mol. The van der Waals surface area contributed by atoms with Crippen molar-refractivity contribution in [1.29, 1.82) is 0 Å². The van der Waals surface area contributed by atoms with Crippen LogP contribution in [-0.4, -0.2) is 59.0 Å². The third-order valence-electron chi connectivity index (χ3n) is 6.41. The van der Waals surface area contributed by atoms with Gasteiger partial charge in [0.15, 0.2) is 0 Å². The van der Waals surface area contributed by atoms with Crippen LogP contribution in [0, 0.1) is 23.2 Å². The SMILES string of the molecule is CC1CC(C)CN(C(=O)C(C)N2C[C@@H]3CCC[C@@]3(C(=O)O)C2)C1.Cl. The molecule has 2 saturated heterocycles. The Morgan fingerprint density at radius 2 is 1.79 bits per heavy atom. The number of carboxylic acids is 1. The molecule has 5 nitrogen and oxygen atoms in total. The molecule has 3 rings (SSSR count). The number of carbonyl (C=O) groups is 2. The molecule has 6 heteroatoms. The number of carbonyl (C=O) groups excluding carboxylic acids is 1. The number of hydrogen-bond acceptors (Lipinski definition) is 3. The number of carboxylic acid groups (broad SMARTS) is 1. The molecule has 1 saturated carbocycles. The lowest BCUT2D eigenvalue weighted by Crippen LogP contribution is -2.51. The molecule has 5 atom stereocenters. The zero-order valence-corrected chi connectivity index (χ0v) is 15.8. The Bertz CT molecular complexity index is 491. The van der Waals surface area contributed by atoms with Crippen molar-refractivity contribution in [3.8, 4) is 0 Å². The molecule has 0 aromatic heterocycles. The fourth-order valence-electron chi connectivity index (χ4n) is 5.24. The molecule has 1 amide bonds. The minimum Gasteiger partial charge on any atom is -0.481 e. The first-order valence-corrected chi connectivity index (χ1v) is 9.09. The van der Waals surface area contributed by atoms with Gasteiger partial charge in [0.2, 0.25) is 5.91 Å². The summed E-state index contributed by atoms with van der Waals surface area (Å²) in [7, 11) is 0. The van der Waals surface area contributed by atoms with E-state index in [0.29, 0.717) is 18.4 Å². The second kappa shape index (κ2) is 7.20. The van der Waals surface area contributed by atoms with Gasteiger partial charge < -0.3 is 10.0 Å². The maximum Gasteiger partial charge on any atom is 0.311 e. The molecule has 1 aliphatic carbocycles. The molecule has 0 bridgehead atoms. The Morgan fingerprint density at radius 3 is 2.33 bits per heavy atom. The fraction of sp³-hybridized carbons (Fsp3) is 0.889. The molecule has 1 N–H and O–H groups in total. The van der Waals surface area contributed by atoms with E-state index >= 15 is 0 Å². The highest BCUT2D eigenvalue weighted by molar-refractivity contribution is 5.85. The summed E-state index contributed by atoms with van der Waals surface area (Å²) in [6.45, 7) is 9.37. The van der Waals surface area contributed by atoms with E-state index in [1.807, 2.05) is 11.8 Å². The number of nitrogens with zero attached hydrogens (tertiary/aromatic N) is 2. The number of piperidine rings is 1. The third-order valence-corrected chi connectivity index (χ3v) is 6.41. The molecule has 0 spiro atoms. The summed E-state index contributed by atoms with van der Waals surface area (Å²) in [6.07, 6.45) is 3.95. The topological polar surface area (TPSA) is 60.9 Å². The van der Waals surface area contributed by atoms with E-state index in [0.717, 1.165) is 38.9 Å². The normalized spacial score (nSPS) is 37.6. The first-order valence-electron chi connectivity index (χ1n) is 9.09. The van der Waals surface area contributed by atoms with Crippen molar-refractivity contribution < 1.29 is 14.7 Å². The summed E-state index contributed by atoms with van der Waals surface area (Å²) in [5.41, 5.74) is -0.600. The number of aliphatic carboxylic acids is 1. The quantitative estimate of drug-likeness (QED) is 0.842. The van der Waals surface area contributed by atoms with Crippen molar-refractivity contribution in [2.75, 3.05) is 26.2 Å². The Hall–Kier alpha value is -0.810. The molecule has 138 valence electrons. The minimum atomic E-state index is -0.664. The van der Waals surface area contributed by atoms with Crippen molar-refractivity contribution in [3.63, 3.8) is 0 Å². The van der Waals surface area contributed by atoms with Crippen LogP contribution in [0.2, 0.25) is 0 Å². The molecule has 3 unspecified atom stereocenters. The molecule has 24 heavy (non-hydrogen) atoms. The second-order valence-corrected chi connectivity index (χ2v) is 8.35. The van der Waals surface area contributed by atoms with E-state index in [-0.39, 0.29) is 30.3 Å². The number of hydrogen-bond donors (Lipinski definition) is 1. The van der Waals surface area contributed by atoms with Gasteiger partial charge in [0, 0.05) is 26.2 Å². The maximum atomic E-state index is 12.9. The molecule has 2 heterocycles. The van der Waals surface area contributed by atoms with E-state index in [2.05, 4.69) is 18.7 Å². The van der Waals surface area contributed by atoms with E-state index in [1.165, 1.54) is 6.42 Å². The summed E-state index contributed by atoms with van der Waals surface area (Å²) in [5, 5.41) is 9.71. The van der Waals surface area contributed by atoms with Crippen LogP contribution in [0.15, 0.2) is 0 Å². The van der Waals surface area contributed by atoms with Crippen molar-refractivity contribution in [2.24, 2.45) is 23.2 Å². The molecular weight excluding hydrogens is 328 g/mol. The fourth-order valence-corrected chi connectivity index (χ4v) is 5.24. The number of likely N-dealkylation sites (tertiary alicyclic amines) is 2. The van der Waals surface area contributed by atoms with Gasteiger partial charge in [-0.3, -0.25) is 14.5 Å². The van der Waals surface area contributed by atoms with Crippen LogP contribution in [0.4, 0.5) is 0 Å². The largest absolute Gasteiger partial charge is 0.481 e. The standard InChI is InChI=1S/C18H30N2O3.ClH/c1-12-7-13(2)9-19(8-12)16(21)14(3)20-10-15-5-4-6-18(15,11-20)17(22)23;/h12-15H,4-11H2,1-3H3,(H,22,23);1H/t12?,13?,14?,15-,18+;/m0./s1. The summed E-state index contributed by atoms with van der Waals surface area (Å²) >= 11 is 0. The van der Waals surface area contributed by atoms with Crippen molar-refractivity contribution in [1.82, 2.24) is 9.80 Å². The lowest BCUT2D eigenvalue weighted by Gasteiger charge is -2.38. The summed E-state index contributed by atoms with van der Waals surface area (Å²) in [4.78, 5) is 28.8. The van der Waals surface area contributed by atoms with Gasteiger partial charge in [-0.05, 0) is 43.9 Å². The smallest absolute Gasteiger partial charge is 0.311 e. The van der Waals surface area contributed by atoms with Crippen molar-refractivity contribution in [2.45, 2.75) is 52.5 Å². The lowest BCUT2D eigenvalue weighted by molar-refractivity contribution is -0.150. The average Bonchev–Trinajstić information content (AvgIpc) is 3.02. The molecule has 2 aliphatic heterocycles. The first kappa shape index (κ1) is 19.5. The monoisotopic (exact) mass is 358 g/mol. The van der Waals surface area contributed by atoms with Gasteiger partial charge in [-0.2, -0.15) is 0 Å². The predicted octanol–water partition coefficient (Wildman–Crippen LogP) is 2.49. The van der Waals surface area contributed by atoms with Gasteiger partial charge in [-0.1, -0.05) is 20.3 Å². The molecular formula is C18H31ClN2O3. The van der Waals surface area contributed by atoms with Gasteiger partial charge in [-0.25, -0.2) is 0 Å². The lowest BCUT2D eigenvalue weighted by atomic mass is 9.81. The highest BCUT2D eigenvalue weighted by Gasteiger charge is 2.56. The van der Waals surface area contributed by atoms with Crippen LogP contribution in [0.25, 0.3) is 0 Å². The number of fused-ring (bicyclic) bond motifs is 1. The van der Waals surface area contributed by atoms with E-state index in [1.54, 1.807) is 0 Å². The Morgan fingerprint density at radius 1 is 1.17 bits per heavy atom. The second-order valence-electron chi connectivity index (χ2n) is 8.35. The van der Waals surface area contributed by atoms with Gasteiger partial charge in [0.05, 0.1) is 11.5 Å². The molecule has 0 aromatic carbocycles. The van der Waals surface area contributed by atoms with Crippen LogP contribution in [-0.2, 0) is 9.59 Å². The Kier molecular flexibility index (Phi) is 5.86. The molecule has 0 radical (unpaired) electrons. The third kappa shape index (κ3) is 3.30. The summed E-state index contributed by atoms with van der Waals surface area (Å²) < 4.78 is 0. The number of halogens is 1. The Balaban J connectivity index is 0.00000208. The van der Waals surface area contributed by atoms with Gasteiger partial charge in [-0.15, -0.1) is 12.4 Å². The first-order chi connectivity index (χ1) is 10.8. The zero-order valence-electron chi connectivity index (χ0n) is 15.0. The van der Waals surface area contributed by atoms with E-state index < -0.39 is 11.4 Å². The van der Waals surface area contributed by atoms with E-state index in [4.69, 9.17) is 0 Å². The molecule has 3 aliphatic rings. The van der Waals surface area contributed by atoms with Crippen LogP contribution in [0.1, 0.15) is 46.5 Å². The highest BCUT2D eigenvalue weighted by atomic mass is 35.5. The van der Waals surface area contributed by atoms with Gasteiger partial charge in [0.1, 0.15) is 0 Å². The zero-order chi connectivity index (χ0) is 16.8. The highest BCUT2D eigenvalue weighted by Crippen LogP contribution is 2.49. The van der Waals surface area contributed by atoms with Crippen LogP contribution >= 0.6 is 12.4 Å². The minimum absolute atomic E-state index is 0. The number of rotatable bonds is 3. The molecule has 3 fully saturated rings. The van der Waals surface area contributed by atoms with Crippen LogP contribution in [0.5, 0.6) is 0 Å². The van der Waals surface area contributed by atoms with E-state index in [9.17, 15) is 14.7 Å².